The Balaban J connectivity index is 1.38. The van der Waals surface area contributed by atoms with Crippen molar-refractivity contribution in [1.82, 2.24) is 9.80 Å². The molecule has 3 aliphatic rings. The van der Waals surface area contributed by atoms with E-state index in [0.29, 0.717) is 5.92 Å². The summed E-state index contributed by atoms with van der Waals surface area (Å²) >= 11 is 0. The first-order valence-corrected chi connectivity index (χ1v) is 10.1. The maximum atomic E-state index is 12.9. The Hall–Kier alpha value is -1.87. The Bertz CT molecular complexity index is 711. The van der Waals surface area contributed by atoms with Crippen LogP contribution in [-0.4, -0.2) is 48.9 Å². The van der Waals surface area contributed by atoms with Gasteiger partial charge in [-0.15, -0.1) is 0 Å². The molecule has 4 rings (SSSR count). The number of aryl methyl sites for hydroxylation is 1. The van der Waals surface area contributed by atoms with Gasteiger partial charge in [0.15, 0.2) is 0 Å². The first kappa shape index (κ1) is 17.5. The largest absolute Gasteiger partial charge is 0.336 e. The molecule has 0 N–H and O–H groups in total. The Labute approximate surface area is 157 Å². The molecule has 3 nitrogen and oxygen atoms in total. The number of amides is 1. The predicted octanol–water partition coefficient (Wildman–Crippen LogP) is 3.82. The normalized spacial score (nSPS) is 23.8. The van der Waals surface area contributed by atoms with Crippen molar-refractivity contribution in [1.29, 1.82) is 0 Å². The molecule has 0 saturated carbocycles. The molecule has 26 heavy (non-hydrogen) atoms. The zero-order valence-electron chi connectivity index (χ0n) is 15.9. The summed E-state index contributed by atoms with van der Waals surface area (Å²) in [6, 6.07) is 10.8. The second kappa shape index (κ2) is 7.79. The Morgan fingerprint density at radius 1 is 1.12 bits per heavy atom. The minimum absolute atomic E-state index is 0.286. The number of hydrogen-bond acceptors (Lipinski definition) is 2. The third-order valence-corrected chi connectivity index (χ3v) is 6.32. The van der Waals surface area contributed by atoms with Gasteiger partial charge in [-0.1, -0.05) is 42.0 Å². The highest BCUT2D eigenvalue weighted by atomic mass is 16.2. The van der Waals surface area contributed by atoms with Gasteiger partial charge in [-0.25, -0.2) is 0 Å². The molecule has 1 aromatic carbocycles. The third-order valence-electron chi connectivity index (χ3n) is 6.32. The van der Waals surface area contributed by atoms with Gasteiger partial charge in [-0.2, -0.15) is 0 Å². The van der Waals surface area contributed by atoms with Gasteiger partial charge in [0.1, 0.15) is 0 Å². The summed E-state index contributed by atoms with van der Waals surface area (Å²) in [5, 5.41) is 0. The summed E-state index contributed by atoms with van der Waals surface area (Å²) in [5.41, 5.74) is 5.53. The lowest BCUT2D eigenvalue weighted by atomic mass is 9.80. The number of carbonyl (C=O) groups excluding carboxylic acids is 1. The van der Waals surface area contributed by atoms with Crippen LogP contribution in [0.1, 0.15) is 37.7 Å². The molecule has 1 aromatic rings. The lowest BCUT2D eigenvalue weighted by molar-refractivity contribution is -0.128. The fourth-order valence-corrected chi connectivity index (χ4v) is 4.68. The molecular formula is C23H30N2O. The van der Waals surface area contributed by atoms with Gasteiger partial charge < -0.3 is 9.80 Å². The minimum Gasteiger partial charge on any atom is -0.336 e. The van der Waals surface area contributed by atoms with E-state index in [4.69, 9.17) is 0 Å². The number of nitrogens with zero attached hydrogens (tertiary/aromatic N) is 2. The van der Waals surface area contributed by atoms with E-state index in [-0.39, 0.29) is 5.91 Å². The van der Waals surface area contributed by atoms with Crippen molar-refractivity contribution in [3.63, 3.8) is 0 Å². The van der Waals surface area contributed by atoms with E-state index in [1.165, 1.54) is 30.4 Å². The number of likely N-dealkylation sites (N-methyl/N-ethyl adjacent to an activating group) is 1. The molecule has 1 amide bonds. The Kier molecular flexibility index (Phi) is 5.26. The first-order valence-electron chi connectivity index (χ1n) is 10.1. The minimum atomic E-state index is 0.286. The van der Waals surface area contributed by atoms with Gasteiger partial charge in [-0.3, -0.25) is 4.79 Å². The topological polar surface area (TPSA) is 23.6 Å². The molecule has 0 spiro atoms. The van der Waals surface area contributed by atoms with Crippen LogP contribution < -0.4 is 0 Å². The van der Waals surface area contributed by atoms with E-state index in [1.54, 1.807) is 5.57 Å². The molecule has 3 heteroatoms. The summed E-state index contributed by atoms with van der Waals surface area (Å²) in [6.45, 7) is 3.72. The van der Waals surface area contributed by atoms with Crippen LogP contribution in [0.2, 0.25) is 0 Å². The van der Waals surface area contributed by atoms with Crippen LogP contribution in [0.5, 0.6) is 0 Å². The molecule has 0 aromatic heterocycles. The monoisotopic (exact) mass is 350 g/mol. The number of allylic oxidation sites excluding steroid dienone is 3. The van der Waals surface area contributed by atoms with Crippen molar-refractivity contribution in [2.45, 2.75) is 38.5 Å². The summed E-state index contributed by atoms with van der Waals surface area (Å²) in [6.07, 6.45) is 9.22. The summed E-state index contributed by atoms with van der Waals surface area (Å²) in [7, 11) is 2.13. The molecule has 138 valence electrons. The van der Waals surface area contributed by atoms with Gasteiger partial charge in [0.05, 0.1) is 0 Å². The van der Waals surface area contributed by atoms with Crippen molar-refractivity contribution in [3.05, 3.63) is 58.7 Å². The lowest BCUT2D eigenvalue weighted by Gasteiger charge is -2.33. The highest BCUT2D eigenvalue weighted by Gasteiger charge is 2.31. The van der Waals surface area contributed by atoms with E-state index in [2.05, 4.69) is 53.3 Å². The molecule has 1 fully saturated rings. The molecule has 1 atom stereocenters. The highest BCUT2D eigenvalue weighted by molar-refractivity contribution is 5.95. The number of piperazine rings is 1. The van der Waals surface area contributed by atoms with Crippen LogP contribution >= 0.6 is 0 Å². The standard InChI is InChI=1S/C23H30N2O/c1-24-12-14-25(15-13-24)23(26)21-16-20-9-5-8-19(22(20)17-21)11-10-18-6-3-2-4-7-18/h2-4,6-7,16,19H,5,8-15,17H2,1H3. The van der Waals surface area contributed by atoms with Gasteiger partial charge in [0, 0.05) is 31.8 Å². The van der Waals surface area contributed by atoms with E-state index in [0.717, 1.165) is 51.0 Å². The first-order chi connectivity index (χ1) is 12.7. The number of benzene rings is 1. The zero-order valence-corrected chi connectivity index (χ0v) is 15.9. The second-order valence-corrected chi connectivity index (χ2v) is 8.11. The van der Waals surface area contributed by atoms with E-state index >= 15 is 0 Å². The van der Waals surface area contributed by atoms with Crippen LogP contribution in [-0.2, 0) is 11.2 Å². The van der Waals surface area contributed by atoms with Crippen molar-refractivity contribution in [3.8, 4) is 0 Å². The SMILES string of the molecule is CN1CCN(C(=O)C2=CC3=C(C2)C(CCc2ccccc2)CCC3)CC1. The molecule has 1 unspecified atom stereocenters. The highest BCUT2D eigenvalue weighted by Crippen LogP contribution is 2.42. The summed E-state index contributed by atoms with van der Waals surface area (Å²) < 4.78 is 0. The fraction of sp³-hybridized carbons (Fsp3) is 0.522. The smallest absolute Gasteiger partial charge is 0.250 e. The van der Waals surface area contributed by atoms with Crippen LogP contribution in [0, 0.1) is 5.92 Å². The van der Waals surface area contributed by atoms with Crippen LogP contribution in [0.3, 0.4) is 0 Å². The van der Waals surface area contributed by atoms with E-state index in [1.807, 2.05) is 0 Å². The fourth-order valence-electron chi connectivity index (χ4n) is 4.68. The van der Waals surface area contributed by atoms with Crippen LogP contribution in [0.4, 0.5) is 0 Å². The molecule has 1 saturated heterocycles. The summed E-state index contributed by atoms with van der Waals surface area (Å²) in [4.78, 5) is 17.3. The number of rotatable bonds is 4. The van der Waals surface area contributed by atoms with Crippen molar-refractivity contribution >= 4 is 5.91 Å². The number of carbonyl (C=O) groups is 1. The average Bonchev–Trinajstić information content (AvgIpc) is 3.12. The lowest BCUT2D eigenvalue weighted by Crippen LogP contribution is -2.47. The van der Waals surface area contributed by atoms with Gasteiger partial charge in [0.2, 0.25) is 5.91 Å². The zero-order chi connectivity index (χ0) is 17.9. The van der Waals surface area contributed by atoms with Gasteiger partial charge >= 0.3 is 0 Å². The molecule has 2 aliphatic carbocycles. The Morgan fingerprint density at radius 3 is 2.65 bits per heavy atom. The Morgan fingerprint density at radius 2 is 1.88 bits per heavy atom. The van der Waals surface area contributed by atoms with Crippen molar-refractivity contribution < 1.29 is 4.79 Å². The molecular weight excluding hydrogens is 320 g/mol. The van der Waals surface area contributed by atoms with Crippen LogP contribution in [0.25, 0.3) is 0 Å². The predicted molar refractivity (Wildman–Crippen MR) is 106 cm³/mol. The summed E-state index contributed by atoms with van der Waals surface area (Å²) in [5.74, 6) is 0.947. The molecule has 1 aliphatic heterocycles. The maximum absolute atomic E-state index is 12.9. The number of hydrogen-bond donors (Lipinski definition) is 0. The van der Waals surface area contributed by atoms with E-state index in [9.17, 15) is 4.79 Å². The quantitative estimate of drug-likeness (QED) is 0.824. The van der Waals surface area contributed by atoms with Crippen LogP contribution in [0.15, 0.2) is 53.1 Å². The average molecular weight is 351 g/mol. The van der Waals surface area contributed by atoms with Crippen molar-refractivity contribution in [2.24, 2.45) is 5.92 Å². The van der Waals surface area contributed by atoms with E-state index < -0.39 is 0 Å². The van der Waals surface area contributed by atoms with Gasteiger partial charge in [0.25, 0.3) is 0 Å². The second-order valence-electron chi connectivity index (χ2n) is 8.11. The van der Waals surface area contributed by atoms with Crippen molar-refractivity contribution in [2.75, 3.05) is 33.2 Å². The van der Waals surface area contributed by atoms with Gasteiger partial charge in [-0.05, 0) is 62.6 Å². The molecule has 1 heterocycles. The maximum Gasteiger partial charge on any atom is 0.250 e. The third kappa shape index (κ3) is 3.78. The molecule has 0 bridgehead atoms. The molecule has 0 radical (unpaired) electrons.